The maximum absolute atomic E-state index is 14.6. The zero-order valence-electron chi connectivity index (χ0n) is 31.2. The standard InChI is InChI=1S/C41H51N3O9S/c1-26-10-8-9-11-28-18-33-27(19-36(28)51-2)16-17-42-38(33)53-31-21-34-35(45)23-41(40(48)43-54(49,50)32-14-15-32)22-30(41)13-7-5-3-4-6-12-29(20-37(46)52-25-26)39(47)44(34)24-31/h7,9,11,13,16-19,26,29-32,34H,3-6,8,10,12,14-15,20-25H2,1-2H3,(H,43,48)/b11-9+,13-7-/t26-,29+,30-,31+,34-,41+/m0/s1. The molecule has 1 N–H and O–H groups in total. The zero-order valence-corrected chi connectivity index (χ0v) is 32.0. The van der Waals surface area contributed by atoms with Crippen molar-refractivity contribution in [3.63, 3.8) is 0 Å². The average molecular weight is 762 g/mol. The summed E-state index contributed by atoms with van der Waals surface area (Å²) in [7, 11) is -2.22. The summed E-state index contributed by atoms with van der Waals surface area (Å²) in [5.74, 6) is -1.62. The molecule has 1 aromatic carbocycles. The number of benzene rings is 1. The SMILES string of the molecule is COc1cc2ccnc3c2cc1/C=C/CC[C@H](C)COC(=O)C[C@H]1CCCCC/C=C\[C@H]2C[C@@]2(C(=O)NS(=O)(=O)C2CC2)CC(=O)[C@@H]2C[C@H](CN2C1=O)O3. The van der Waals surface area contributed by atoms with E-state index in [-0.39, 0.29) is 55.9 Å². The van der Waals surface area contributed by atoms with Crippen molar-refractivity contribution in [1.82, 2.24) is 14.6 Å². The number of ketones is 1. The molecule has 3 fully saturated rings. The number of hydrogen-bond acceptors (Lipinski definition) is 10. The number of ether oxygens (including phenoxy) is 3. The first-order chi connectivity index (χ1) is 26.0. The molecule has 7 rings (SSSR count). The van der Waals surface area contributed by atoms with Crippen LogP contribution in [-0.4, -0.2) is 79.5 Å². The Hall–Kier alpha value is -4.26. The Kier molecular flexibility index (Phi) is 11.2. The number of sulfonamides is 1. The van der Waals surface area contributed by atoms with E-state index >= 15 is 0 Å². The summed E-state index contributed by atoms with van der Waals surface area (Å²) in [6.07, 6.45) is 15.4. The van der Waals surface area contributed by atoms with Gasteiger partial charge in [-0.15, -0.1) is 0 Å². The molecule has 3 aliphatic heterocycles. The monoisotopic (exact) mass is 761 g/mol. The smallest absolute Gasteiger partial charge is 0.306 e. The van der Waals surface area contributed by atoms with Gasteiger partial charge in [0.15, 0.2) is 5.78 Å². The molecule has 13 heteroatoms. The van der Waals surface area contributed by atoms with Crippen LogP contribution in [0.25, 0.3) is 16.8 Å². The molecule has 0 unspecified atom stereocenters. The van der Waals surface area contributed by atoms with Crippen LogP contribution in [-0.2, 0) is 33.9 Å². The number of amides is 2. The number of aromatic nitrogens is 1. The van der Waals surface area contributed by atoms with Crippen LogP contribution >= 0.6 is 0 Å². The number of fused-ring (bicyclic) bond motifs is 4. The normalized spacial score (nSPS) is 31.1. The number of hydrogen-bond donors (Lipinski definition) is 1. The lowest BCUT2D eigenvalue weighted by Crippen LogP contribution is -2.46. The number of Topliss-reactive ketones (excluding diaryl/α,β-unsaturated/α-hetero) is 1. The minimum atomic E-state index is -3.84. The van der Waals surface area contributed by atoms with Gasteiger partial charge >= 0.3 is 5.97 Å². The highest BCUT2D eigenvalue weighted by Crippen LogP contribution is 2.57. The molecule has 2 aromatic rings. The molecule has 5 bridgehead atoms. The fourth-order valence-corrected chi connectivity index (χ4v) is 9.62. The van der Waals surface area contributed by atoms with Crippen molar-refractivity contribution >= 4 is 50.4 Å². The Balaban J connectivity index is 1.24. The van der Waals surface area contributed by atoms with Gasteiger partial charge in [0.25, 0.3) is 0 Å². The quantitative estimate of drug-likeness (QED) is 0.304. The lowest BCUT2D eigenvalue weighted by Gasteiger charge is -2.29. The van der Waals surface area contributed by atoms with Crippen molar-refractivity contribution < 1.29 is 41.8 Å². The molecule has 5 aliphatic rings. The molecule has 2 saturated carbocycles. The first-order valence-electron chi connectivity index (χ1n) is 19.5. The summed E-state index contributed by atoms with van der Waals surface area (Å²) >= 11 is 0. The van der Waals surface area contributed by atoms with Crippen LogP contribution in [0.5, 0.6) is 11.6 Å². The Morgan fingerprint density at radius 1 is 1.06 bits per heavy atom. The molecule has 2 aliphatic carbocycles. The van der Waals surface area contributed by atoms with Crippen LogP contribution in [0, 0.1) is 23.2 Å². The molecule has 54 heavy (non-hydrogen) atoms. The van der Waals surface area contributed by atoms with E-state index in [1.54, 1.807) is 13.3 Å². The van der Waals surface area contributed by atoms with Crippen LogP contribution < -0.4 is 14.2 Å². The van der Waals surface area contributed by atoms with Gasteiger partial charge in [-0.25, -0.2) is 13.4 Å². The molecular weight excluding hydrogens is 711 g/mol. The van der Waals surface area contributed by atoms with Crippen LogP contribution in [0.1, 0.15) is 96.0 Å². The summed E-state index contributed by atoms with van der Waals surface area (Å²) in [6.45, 7) is 2.34. The largest absolute Gasteiger partial charge is 0.496 e. The topological polar surface area (TPSA) is 158 Å². The maximum Gasteiger partial charge on any atom is 0.306 e. The summed E-state index contributed by atoms with van der Waals surface area (Å²) in [5, 5.41) is 1.02. The molecule has 0 radical (unpaired) electrons. The van der Waals surface area contributed by atoms with Gasteiger partial charge < -0.3 is 19.1 Å². The number of methoxy groups -OCH3 is 1. The summed E-state index contributed by atoms with van der Waals surface area (Å²) in [5.41, 5.74) is -0.388. The summed E-state index contributed by atoms with van der Waals surface area (Å²) < 4.78 is 46.0. The van der Waals surface area contributed by atoms with E-state index in [1.807, 2.05) is 43.4 Å². The minimum Gasteiger partial charge on any atom is -0.496 e. The third-order valence-corrected chi connectivity index (χ3v) is 13.6. The third kappa shape index (κ3) is 8.35. The van der Waals surface area contributed by atoms with Crippen molar-refractivity contribution in [2.45, 2.75) is 108 Å². The number of nitrogens with one attached hydrogen (secondary N) is 1. The van der Waals surface area contributed by atoms with E-state index in [0.717, 1.165) is 48.4 Å². The zero-order chi connectivity index (χ0) is 38.0. The molecule has 12 nitrogen and oxygen atoms in total. The van der Waals surface area contributed by atoms with Gasteiger partial charge in [0, 0.05) is 35.9 Å². The van der Waals surface area contributed by atoms with Crippen molar-refractivity contribution in [3.8, 4) is 11.6 Å². The maximum atomic E-state index is 14.6. The van der Waals surface area contributed by atoms with Crippen LogP contribution in [0.3, 0.4) is 0 Å². The number of allylic oxidation sites excluding steroid dienone is 3. The van der Waals surface area contributed by atoms with Gasteiger partial charge in [0.05, 0.1) is 43.4 Å². The van der Waals surface area contributed by atoms with E-state index in [4.69, 9.17) is 14.2 Å². The van der Waals surface area contributed by atoms with Crippen LogP contribution in [0.2, 0.25) is 0 Å². The van der Waals surface area contributed by atoms with Gasteiger partial charge in [-0.2, -0.15) is 0 Å². The molecular formula is C41H51N3O9S. The lowest BCUT2D eigenvalue weighted by molar-refractivity contribution is -0.151. The third-order valence-electron chi connectivity index (χ3n) is 11.8. The Bertz CT molecular complexity index is 1960. The predicted molar refractivity (Wildman–Crippen MR) is 202 cm³/mol. The van der Waals surface area contributed by atoms with Crippen molar-refractivity contribution in [2.75, 3.05) is 20.3 Å². The molecule has 2 amide bonds. The van der Waals surface area contributed by atoms with Crippen molar-refractivity contribution in [1.29, 1.82) is 0 Å². The van der Waals surface area contributed by atoms with E-state index < -0.39 is 50.6 Å². The fraction of sp³-hybridized carbons (Fsp3) is 0.585. The Morgan fingerprint density at radius 2 is 1.89 bits per heavy atom. The highest BCUT2D eigenvalue weighted by atomic mass is 32.2. The van der Waals surface area contributed by atoms with Gasteiger partial charge in [-0.1, -0.05) is 44.1 Å². The number of cyclic esters (lactones) is 1. The molecule has 4 heterocycles. The van der Waals surface area contributed by atoms with Crippen LogP contribution in [0.15, 0.2) is 42.6 Å². The van der Waals surface area contributed by atoms with Gasteiger partial charge in [0.2, 0.25) is 27.7 Å². The second-order valence-corrected chi connectivity index (χ2v) is 17.9. The molecule has 1 saturated heterocycles. The Morgan fingerprint density at radius 3 is 2.69 bits per heavy atom. The van der Waals surface area contributed by atoms with Crippen molar-refractivity contribution in [3.05, 3.63) is 48.2 Å². The molecule has 6 atom stereocenters. The highest BCUT2D eigenvalue weighted by Gasteiger charge is 2.61. The van der Waals surface area contributed by atoms with E-state index in [2.05, 4.69) is 15.8 Å². The van der Waals surface area contributed by atoms with E-state index in [0.29, 0.717) is 43.7 Å². The fourth-order valence-electron chi connectivity index (χ4n) is 8.24. The lowest BCUT2D eigenvalue weighted by atomic mass is 9.90. The van der Waals surface area contributed by atoms with Gasteiger partial charge in [0.1, 0.15) is 11.9 Å². The number of carbonyl (C=O) groups excluding carboxylic acids is 4. The second-order valence-electron chi connectivity index (χ2n) is 15.9. The number of pyridine rings is 1. The number of esters is 1. The van der Waals surface area contributed by atoms with Crippen LogP contribution in [0.4, 0.5) is 0 Å². The Labute approximate surface area is 317 Å². The predicted octanol–water partition coefficient (Wildman–Crippen LogP) is 5.68. The van der Waals surface area contributed by atoms with Gasteiger partial charge in [-0.05, 0) is 86.8 Å². The van der Waals surface area contributed by atoms with Crippen molar-refractivity contribution in [2.24, 2.45) is 23.2 Å². The van der Waals surface area contributed by atoms with Gasteiger partial charge in [-0.3, -0.25) is 23.9 Å². The van der Waals surface area contributed by atoms with E-state index in [9.17, 15) is 27.6 Å². The molecule has 290 valence electrons. The summed E-state index contributed by atoms with van der Waals surface area (Å²) in [6, 6.07) is 4.82. The molecule has 1 aromatic heterocycles. The number of carbonyl (C=O) groups is 4. The number of nitrogens with zero attached hydrogens (tertiary/aromatic N) is 2. The number of rotatable bonds is 4. The first kappa shape index (κ1) is 38.0. The highest BCUT2D eigenvalue weighted by molar-refractivity contribution is 7.90. The summed E-state index contributed by atoms with van der Waals surface area (Å²) in [4.78, 5) is 62.3. The first-order valence-corrected chi connectivity index (χ1v) is 21.0. The molecule has 0 spiro atoms. The van der Waals surface area contributed by atoms with E-state index in [1.165, 1.54) is 4.90 Å². The second kappa shape index (κ2) is 15.8. The minimum absolute atomic E-state index is 0.0807. The average Bonchev–Trinajstić information content (AvgIpc) is 4.07.